The molecule has 0 unspecified atom stereocenters. The second-order valence-corrected chi connectivity index (χ2v) is 7.90. The van der Waals surface area contributed by atoms with Gasteiger partial charge in [-0.3, -0.25) is 4.79 Å². The van der Waals surface area contributed by atoms with Crippen LogP contribution in [0.2, 0.25) is 0 Å². The third-order valence-corrected chi connectivity index (χ3v) is 5.95. The monoisotopic (exact) mass is 339 g/mol. The van der Waals surface area contributed by atoms with Crippen molar-refractivity contribution in [2.24, 2.45) is 5.92 Å². The number of carbonyl (C=O) groups excluding carboxylic acids is 1. The molecular weight excluding hydrogens is 318 g/mol. The van der Waals surface area contributed by atoms with Crippen LogP contribution in [0.3, 0.4) is 0 Å². The van der Waals surface area contributed by atoms with E-state index in [2.05, 4.69) is 15.3 Å². The van der Waals surface area contributed by atoms with Gasteiger partial charge in [-0.2, -0.15) is 4.31 Å². The highest BCUT2D eigenvalue weighted by atomic mass is 32.2. The van der Waals surface area contributed by atoms with E-state index >= 15 is 0 Å². The second-order valence-electron chi connectivity index (χ2n) is 5.82. The van der Waals surface area contributed by atoms with Crippen LogP contribution in [0.4, 0.5) is 5.95 Å². The predicted octanol–water partition coefficient (Wildman–Crippen LogP) is -0.545. The highest BCUT2D eigenvalue weighted by Crippen LogP contribution is 2.28. The van der Waals surface area contributed by atoms with Crippen molar-refractivity contribution in [3.63, 3.8) is 0 Å². The molecule has 126 valence electrons. The van der Waals surface area contributed by atoms with E-state index in [1.165, 1.54) is 4.31 Å². The molecule has 0 spiro atoms. The number of amides is 1. The van der Waals surface area contributed by atoms with Gasteiger partial charge in [0, 0.05) is 51.0 Å². The van der Waals surface area contributed by atoms with Crippen molar-refractivity contribution in [1.82, 2.24) is 19.6 Å². The van der Waals surface area contributed by atoms with E-state index < -0.39 is 10.0 Å². The second kappa shape index (κ2) is 6.79. The lowest BCUT2D eigenvalue weighted by Crippen LogP contribution is -2.50. The smallest absolute Gasteiger partial charge is 0.225 e. The fraction of sp³-hybridized carbons (Fsp3) is 0.643. The number of sulfonamides is 1. The Morgan fingerprint density at radius 3 is 2.43 bits per heavy atom. The zero-order valence-corrected chi connectivity index (χ0v) is 13.7. The lowest BCUT2D eigenvalue weighted by molar-refractivity contribution is -0.122. The summed E-state index contributed by atoms with van der Waals surface area (Å²) in [5.74, 6) is 0.660. The third-order valence-electron chi connectivity index (χ3n) is 4.07. The maximum atomic E-state index is 12.3. The molecule has 3 rings (SSSR count). The van der Waals surface area contributed by atoms with Crippen molar-refractivity contribution in [2.45, 2.75) is 12.8 Å². The van der Waals surface area contributed by atoms with Crippen molar-refractivity contribution in [1.29, 1.82) is 0 Å². The number of rotatable bonds is 6. The van der Waals surface area contributed by atoms with E-state index in [1.807, 2.05) is 4.90 Å². The van der Waals surface area contributed by atoms with Gasteiger partial charge in [-0.25, -0.2) is 18.4 Å². The fourth-order valence-electron chi connectivity index (χ4n) is 2.54. The molecular formula is C14H21N5O3S. The summed E-state index contributed by atoms with van der Waals surface area (Å²) in [4.78, 5) is 21.9. The molecule has 1 amide bonds. The molecule has 1 N–H and O–H groups in total. The van der Waals surface area contributed by atoms with Gasteiger partial charge in [-0.05, 0) is 18.9 Å². The lowest BCUT2D eigenvalue weighted by atomic mass is 10.4. The maximum absolute atomic E-state index is 12.3. The molecule has 2 fully saturated rings. The van der Waals surface area contributed by atoms with E-state index in [0.29, 0.717) is 32.1 Å². The molecule has 0 atom stereocenters. The Hall–Kier alpha value is -1.74. The summed E-state index contributed by atoms with van der Waals surface area (Å²) in [7, 11) is -3.34. The van der Waals surface area contributed by atoms with Gasteiger partial charge in [-0.1, -0.05) is 0 Å². The Kier molecular flexibility index (Phi) is 4.76. The van der Waals surface area contributed by atoms with Crippen LogP contribution < -0.4 is 10.2 Å². The molecule has 1 aromatic heterocycles. The zero-order chi connectivity index (χ0) is 16.3. The number of nitrogens with one attached hydrogen (secondary N) is 1. The minimum absolute atomic E-state index is 0.0220. The SMILES string of the molecule is O=C(NCCS(=O)(=O)N1CCN(c2ncccn2)CC1)C1CC1. The Morgan fingerprint density at radius 2 is 1.83 bits per heavy atom. The van der Waals surface area contributed by atoms with Crippen molar-refractivity contribution in [2.75, 3.05) is 43.4 Å². The molecule has 1 aliphatic carbocycles. The van der Waals surface area contributed by atoms with Gasteiger partial charge in [-0.15, -0.1) is 0 Å². The summed E-state index contributed by atoms with van der Waals surface area (Å²) in [5, 5.41) is 2.70. The molecule has 1 saturated carbocycles. The number of anilines is 1. The lowest BCUT2D eigenvalue weighted by Gasteiger charge is -2.33. The first-order valence-corrected chi connectivity index (χ1v) is 9.45. The van der Waals surface area contributed by atoms with Crippen LogP contribution in [-0.4, -0.2) is 67.1 Å². The Bertz CT molecular complexity index is 640. The first-order valence-electron chi connectivity index (χ1n) is 7.84. The molecule has 2 aliphatic rings. The number of hydrogen-bond acceptors (Lipinski definition) is 6. The molecule has 9 heteroatoms. The number of nitrogens with zero attached hydrogens (tertiary/aromatic N) is 4. The van der Waals surface area contributed by atoms with Gasteiger partial charge in [0.25, 0.3) is 0 Å². The quantitative estimate of drug-likeness (QED) is 0.747. The van der Waals surface area contributed by atoms with Gasteiger partial charge < -0.3 is 10.2 Å². The van der Waals surface area contributed by atoms with Crippen LogP contribution in [0.1, 0.15) is 12.8 Å². The standard InChI is InChI=1S/C14H21N5O3S/c20-13(12-2-3-12)15-6-11-23(21,22)19-9-7-18(8-10-19)14-16-4-1-5-17-14/h1,4-5,12H,2-3,6-11H2,(H,15,20). The largest absolute Gasteiger partial charge is 0.355 e. The Balaban J connectivity index is 1.46. The molecule has 1 saturated heterocycles. The van der Waals surface area contributed by atoms with Crippen molar-refractivity contribution in [3.05, 3.63) is 18.5 Å². The van der Waals surface area contributed by atoms with Gasteiger partial charge in [0.05, 0.1) is 5.75 Å². The number of piperazine rings is 1. The minimum atomic E-state index is -3.34. The molecule has 2 heterocycles. The Labute approximate surface area is 136 Å². The topological polar surface area (TPSA) is 95.5 Å². The van der Waals surface area contributed by atoms with E-state index in [-0.39, 0.29) is 24.1 Å². The van der Waals surface area contributed by atoms with Crippen LogP contribution in [0.5, 0.6) is 0 Å². The van der Waals surface area contributed by atoms with E-state index in [0.717, 1.165) is 12.8 Å². The van der Waals surface area contributed by atoms with Crippen LogP contribution >= 0.6 is 0 Å². The van der Waals surface area contributed by atoms with Crippen molar-refractivity contribution in [3.8, 4) is 0 Å². The van der Waals surface area contributed by atoms with Crippen molar-refractivity contribution >= 4 is 21.9 Å². The van der Waals surface area contributed by atoms with Crippen LogP contribution in [0, 0.1) is 5.92 Å². The average Bonchev–Trinajstić information content (AvgIpc) is 3.40. The first kappa shape index (κ1) is 16.1. The van der Waals surface area contributed by atoms with E-state index in [1.54, 1.807) is 18.5 Å². The maximum Gasteiger partial charge on any atom is 0.225 e. The summed E-state index contributed by atoms with van der Waals surface area (Å²) in [6.45, 7) is 2.14. The zero-order valence-electron chi connectivity index (χ0n) is 12.9. The van der Waals surface area contributed by atoms with Gasteiger partial charge in [0.2, 0.25) is 21.9 Å². The molecule has 1 aliphatic heterocycles. The highest BCUT2D eigenvalue weighted by Gasteiger charge is 2.31. The summed E-state index contributed by atoms with van der Waals surface area (Å²) in [5.41, 5.74) is 0. The molecule has 1 aromatic rings. The van der Waals surface area contributed by atoms with Crippen molar-refractivity contribution < 1.29 is 13.2 Å². The molecule has 0 bridgehead atoms. The van der Waals surface area contributed by atoms with Crippen LogP contribution in [0.15, 0.2) is 18.5 Å². The molecule has 0 radical (unpaired) electrons. The molecule has 0 aromatic carbocycles. The number of aromatic nitrogens is 2. The predicted molar refractivity (Wildman–Crippen MR) is 85.3 cm³/mol. The summed E-state index contributed by atoms with van der Waals surface area (Å²) < 4.78 is 26.1. The van der Waals surface area contributed by atoms with Crippen LogP contribution in [-0.2, 0) is 14.8 Å². The minimum Gasteiger partial charge on any atom is -0.355 e. The van der Waals surface area contributed by atoms with Gasteiger partial charge >= 0.3 is 0 Å². The summed E-state index contributed by atoms with van der Waals surface area (Å²) >= 11 is 0. The average molecular weight is 339 g/mol. The summed E-state index contributed by atoms with van der Waals surface area (Å²) in [6.07, 6.45) is 5.19. The molecule has 8 nitrogen and oxygen atoms in total. The van der Waals surface area contributed by atoms with Gasteiger partial charge in [0.15, 0.2) is 0 Å². The van der Waals surface area contributed by atoms with E-state index in [9.17, 15) is 13.2 Å². The first-order chi connectivity index (χ1) is 11.1. The van der Waals surface area contributed by atoms with Gasteiger partial charge in [0.1, 0.15) is 0 Å². The normalized spacial score (nSPS) is 19.6. The summed E-state index contributed by atoms with van der Waals surface area (Å²) in [6, 6.07) is 1.75. The van der Waals surface area contributed by atoms with E-state index in [4.69, 9.17) is 0 Å². The number of carbonyl (C=O) groups is 1. The molecule has 23 heavy (non-hydrogen) atoms. The van der Waals surface area contributed by atoms with Crippen LogP contribution in [0.25, 0.3) is 0 Å². The fourth-order valence-corrected chi connectivity index (χ4v) is 3.88. The third kappa shape index (κ3) is 4.17. The Morgan fingerprint density at radius 1 is 1.17 bits per heavy atom. The highest BCUT2D eigenvalue weighted by molar-refractivity contribution is 7.89. The number of hydrogen-bond donors (Lipinski definition) is 1.